The third-order valence-electron chi connectivity index (χ3n) is 2.88. The lowest BCUT2D eigenvalue weighted by Crippen LogP contribution is -2.15. The molecule has 0 radical (unpaired) electrons. The van der Waals surface area contributed by atoms with Crippen LogP contribution in [0.25, 0.3) is 11.0 Å². The second-order valence-electron chi connectivity index (χ2n) is 4.13. The first-order valence-corrected chi connectivity index (χ1v) is 6.01. The van der Waals surface area contributed by atoms with Crippen LogP contribution in [0.1, 0.15) is 23.0 Å². The van der Waals surface area contributed by atoms with Gasteiger partial charge in [0.25, 0.3) is 0 Å². The Kier molecular flexibility index (Phi) is 3.65. The van der Waals surface area contributed by atoms with Crippen LogP contribution in [-0.4, -0.2) is 24.8 Å². The summed E-state index contributed by atoms with van der Waals surface area (Å²) in [5, 5.41) is 9.86. The lowest BCUT2D eigenvalue weighted by atomic mass is 10.1. The highest BCUT2D eigenvalue weighted by Gasteiger charge is 2.19. The number of carbonyl (C=O) groups excluding carboxylic acids is 1. The minimum absolute atomic E-state index is 0.139. The van der Waals surface area contributed by atoms with Gasteiger partial charge in [0.15, 0.2) is 16.9 Å². The molecule has 1 heterocycles. The smallest absolute Gasteiger partial charge is 0.374 e. The normalized spacial score (nSPS) is 10.6. The molecular formula is C14H14O6. The number of carbonyl (C=O) groups is 1. The van der Waals surface area contributed by atoms with Gasteiger partial charge in [-0.15, -0.1) is 0 Å². The predicted molar refractivity (Wildman–Crippen MR) is 71.4 cm³/mol. The van der Waals surface area contributed by atoms with Crippen molar-refractivity contribution in [1.82, 2.24) is 0 Å². The first-order chi connectivity index (χ1) is 9.49. The van der Waals surface area contributed by atoms with Crippen LogP contribution in [0, 0.1) is 6.92 Å². The quantitative estimate of drug-likeness (QED) is 0.864. The van der Waals surface area contributed by atoms with Crippen molar-refractivity contribution >= 4 is 16.9 Å². The van der Waals surface area contributed by atoms with Crippen LogP contribution in [0.15, 0.2) is 21.3 Å². The van der Waals surface area contributed by atoms with E-state index in [9.17, 15) is 14.7 Å². The van der Waals surface area contributed by atoms with Gasteiger partial charge in [-0.25, -0.2) is 4.79 Å². The van der Waals surface area contributed by atoms with Gasteiger partial charge in [-0.3, -0.25) is 4.79 Å². The average molecular weight is 278 g/mol. The van der Waals surface area contributed by atoms with Crippen molar-refractivity contribution in [2.24, 2.45) is 0 Å². The molecule has 1 aromatic carbocycles. The molecule has 2 rings (SSSR count). The average Bonchev–Trinajstić information content (AvgIpc) is 2.43. The zero-order chi connectivity index (χ0) is 14.9. The van der Waals surface area contributed by atoms with E-state index < -0.39 is 11.4 Å². The van der Waals surface area contributed by atoms with Gasteiger partial charge in [0.2, 0.25) is 5.76 Å². The molecular weight excluding hydrogens is 264 g/mol. The molecule has 0 spiro atoms. The lowest BCUT2D eigenvalue weighted by Gasteiger charge is -2.08. The molecule has 0 saturated carbocycles. The van der Waals surface area contributed by atoms with Crippen LogP contribution in [0.4, 0.5) is 0 Å². The third-order valence-corrected chi connectivity index (χ3v) is 2.88. The summed E-state index contributed by atoms with van der Waals surface area (Å²) in [6.45, 7) is 3.31. The zero-order valence-corrected chi connectivity index (χ0v) is 11.4. The van der Waals surface area contributed by atoms with E-state index in [0.29, 0.717) is 0 Å². The van der Waals surface area contributed by atoms with Gasteiger partial charge in [-0.05, 0) is 19.9 Å². The van der Waals surface area contributed by atoms with Crippen molar-refractivity contribution in [2.45, 2.75) is 13.8 Å². The number of aromatic hydroxyl groups is 1. The largest absolute Gasteiger partial charge is 0.504 e. The number of rotatable bonds is 3. The maximum absolute atomic E-state index is 12.2. The highest BCUT2D eigenvalue weighted by Crippen LogP contribution is 2.30. The summed E-state index contributed by atoms with van der Waals surface area (Å²) in [6, 6.07) is 2.61. The van der Waals surface area contributed by atoms with Gasteiger partial charge in [0.1, 0.15) is 5.58 Å². The Hall–Kier alpha value is -2.50. The Bertz CT molecular complexity index is 729. The van der Waals surface area contributed by atoms with Gasteiger partial charge in [-0.1, -0.05) is 0 Å². The van der Waals surface area contributed by atoms with Crippen molar-refractivity contribution < 1.29 is 23.8 Å². The molecule has 0 saturated heterocycles. The van der Waals surface area contributed by atoms with E-state index in [1.54, 1.807) is 6.92 Å². The van der Waals surface area contributed by atoms with E-state index in [1.807, 2.05) is 0 Å². The lowest BCUT2D eigenvalue weighted by molar-refractivity contribution is 0.0489. The minimum atomic E-state index is -0.698. The van der Waals surface area contributed by atoms with E-state index in [0.717, 1.165) is 0 Å². The molecule has 2 aromatic rings. The fourth-order valence-electron chi connectivity index (χ4n) is 1.86. The third kappa shape index (κ3) is 2.20. The van der Waals surface area contributed by atoms with Gasteiger partial charge in [0, 0.05) is 11.6 Å². The number of esters is 1. The van der Waals surface area contributed by atoms with Crippen molar-refractivity contribution in [3.8, 4) is 11.5 Å². The summed E-state index contributed by atoms with van der Waals surface area (Å²) in [7, 11) is 1.37. The molecule has 0 fully saturated rings. The van der Waals surface area contributed by atoms with Gasteiger partial charge in [0.05, 0.1) is 19.1 Å². The summed E-state index contributed by atoms with van der Waals surface area (Å²) < 4.78 is 15.2. The fraction of sp³-hybridized carbons (Fsp3) is 0.286. The fourth-order valence-corrected chi connectivity index (χ4v) is 1.86. The summed E-state index contributed by atoms with van der Waals surface area (Å²) >= 11 is 0. The Morgan fingerprint density at radius 2 is 2.10 bits per heavy atom. The molecule has 0 aliphatic heterocycles. The number of benzene rings is 1. The molecule has 0 atom stereocenters. The topological polar surface area (TPSA) is 86.0 Å². The Morgan fingerprint density at radius 3 is 2.70 bits per heavy atom. The van der Waals surface area contributed by atoms with Gasteiger partial charge >= 0.3 is 5.97 Å². The highest BCUT2D eigenvalue weighted by molar-refractivity contribution is 5.91. The van der Waals surface area contributed by atoms with E-state index >= 15 is 0 Å². The summed E-state index contributed by atoms with van der Waals surface area (Å²) in [5.74, 6) is -0.858. The van der Waals surface area contributed by atoms with Crippen molar-refractivity contribution in [3.05, 3.63) is 33.7 Å². The van der Waals surface area contributed by atoms with Crippen molar-refractivity contribution in [2.75, 3.05) is 13.7 Å². The number of phenolic OH excluding ortho intramolecular Hbond substituents is 1. The van der Waals surface area contributed by atoms with Crippen molar-refractivity contribution in [1.29, 1.82) is 0 Å². The van der Waals surface area contributed by atoms with Crippen LogP contribution in [0.3, 0.4) is 0 Å². The first-order valence-electron chi connectivity index (χ1n) is 6.01. The molecule has 1 N–H and O–H groups in total. The maximum atomic E-state index is 12.2. The number of fused-ring (bicyclic) bond motifs is 1. The summed E-state index contributed by atoms with van der Waals surface area (Å²) in [6.07, 6.45) is 0. The zero-order valence-electron chi connectivity index (χ0n) is 11.4. The van der Waals surface area contributed by atoms with Crippen molar-refractivity contribution in [3.63, 3.8) is 0 Å². The molecule has 106 valence electrons. The molecule has 0 unspecified atom stereocenters. The van der Waals surface area contributed by atoms with Crippen LogP contribution < -0.4 is 10.2 Å². The molecule has 0 bridgehead atoms. The Labute approximate surface area is 114 Å². The second kappa shape index (κ2) is 5.24. The van der Waals surface area contributed by atoms with E-state index in [-0.39, 0.29) is 40.4 Å². The number of ether oxygens (including phenoxy) is 2. The molecule has 0 amide bonds. The van der Waals surface area contributed by atoms with Crippen LogP contribution in [0.5, 0.6) is 11.5 Å². The Balaban J connectivity index is 2.75. The highest BCUT2D eigenvalue weighted by atomic mass is 16.5. The van der Waals surface area contributed by atoms with E-state index in [1.165, 1.54) is 26.2 Å². The second-order valence-corrected chi connectivity index (χ2v) is 4.13. The number of hydrogen-bond acceptors (Lipinski definition) is 6. The van der Waals surface area contributed by atoms with Crippen LogP contribution in [0.2, 0.25) is 0 Å². The summed E-state index contributed by atoms with van der Waals surface area (Å²) in [5.41, 5.74) is -0.105. The predicted octanol–water partition coefficient (Wildman–Crippen LogP) is 1.99. The molecule has 20 heavy (non-hydrogen) atoms. The standard InChI is InChI=1S/C14H14O6/c1-4-19-14(17)13-7(2)12(16)8-5-9(15)11(18-3)6-10(8)20-13/h5-6,15H,4H2,1-3H3. The number of methoxy groups -OCH3 is 1. The van der Waals surface area contributed by atoms with E-state index in [4.69, 9.17) is 13.9 Å². The Morgan fingerprint density at radius 1 is 1.40 bits per heavy atom. The van der Waals surface area contributed by atoms with E-state index in [2.05, 4.69) is 0 Å². The van der Waals surface area contributed by atoms with Crippen LogP contribution in [-0.2, 0) is 4.74 Å². The minimum Gasteiger partial charge on any atom is -0.504 e. The number of phenols is 1. The number of hydrogen-bond donors (Lipinski definition) is 1. The maximum Gasteiger partial charge on any atom is 0.374 e. The van der Waals surface area contributed by atoms with Crippen LogP contribution >= 0.6 is 0 Å². The molecule has 6 nitrogen and oxygen atoms in total. The van der Waals surface area contributed by atoms with Gasteiger partial charge in [-0.2, -0.15) is 0 Å². The summed E-state index contributed by atoms with van der Waals surface area (Å²) in [4.78, 5) is 23.9. The first kappa shape index (κ1) is 13.9. The van der Waals surface area contributed by atoms with Gasteiger partial charge < -0.3 is 19.0 Å². The molecule has 0 aliphatic carbocycles. The monoisotopic (exact) mass is 278 g/mol. The molecule has 1 aromatic heterocycles. The molecule has 6 heteroatoms. The SMILES string of the molecule is CCOC(=O)c1oc2cc(OC)c(O)cc2c(=O)c1C. The molecule has 0 aliphatic rings.